The molecule has 5 heteroatoms. The standard InChI is InChI=1S/C13H17N3OS/c1-2-3-8-17-10-6-4-9(5-7-10)11-12(14)18-13(15)16-11/h4-7H,2-3,8,14H2,1H3,(H2,15,16). The third-order valence-electron chi connectivity index (χ3n) is 2.56. The summed E-state index contributed by atoms with van der Waals surface area (Å²) in [6, 6.07) is 7.76. The Morgan fingerprint density at radius 1 is 1.22 bits per heavy atom. The molecule has 2 aromatic rings. The zero-order chi connectivity index (χ0) is 13.0. The van der Waals surface area contributed by atoms with Gasteiger partial charge in [0.15, 0.2) is 5.13 Å². The number of nitrogen functional groups attached to an aromatic ring is 2. The molecule has 4 nitrogen and oxygen atoms in total. The van der Waals surface area contributed by atoms with Crippen molar-refractivity contribution in [2.24, 2.45) is 0 Å². The molecule has 0 aliphatic carbocycles. The molecule has 0 radical (unpaired) electrons. The van der Waals surface area contributed by atoms with E-state index in [1.807, 2.05) is 24.3 Å². The Labute approximate surface area is 111 Å². The maximum absolute atomic E-state index is 5.85. The van der Waals surface area contributed by atoms with Crippen LogP contribution in [0, 0.1) is 0 Å². The quantitative estimate of drug-likeness (QED) is 0.813. The first-order valence-electron chi connectivity index (χ1n) is 5.95. The van der Waals surface area contributed by atoms with Crippen LogP contribution in [0.15, 0.2) is 24.3 Å². The van der Waals surface area contributed by atoms with Gasteiger partial charge in [0.1, 0.15) is 16.4 Å². The van der Waals surface area contributed by atoms with Gasteiger partial charge in [0.25, 0.3) is 0 Å². The summed E-state index contributed by atoms with van der Waals surface area (Å²) in [5.74, 6) is 0.869. The van der Waals surface area contributed by atoms with E-state index in [-0.39, 0.29) is 0 Å². The lowest BCUT2D eigenvalue weighted by Crippen LogP contribution is -1.96. The lowest BCUT2D eigenvalue weighted by atomic mass is 10.1. The zero-order valence-corrected chi connectivity index (χ0v) is 11.2. The van der Waals surface area contributed by atoms with Crippen molar-refractivity contribution < 1.29 is 4.74 Å². The summed E-state index contributed by atoms with van der Waals surface area (Å²) in [7, 11) is 0. The van der Waals surface area contributed by atoms with Crippen molar-refractivity contribution in [1.82, 2.24) is 4.98 Å². The van der Waals surface area contributed by atoms with Crippen molar-refractivity contribution in [1.29, 1.82) is 0 Å². The molecule has 0 amide bonds. The number of benzene rings is 1. The summed E-state index contributed by atoms with van der Waals surface area (Å²) in [6.07, 6.45) is 2.20. The van der Waals surface area contributed by atoms with Gasteiger partial charge >= 0.3 is 0 Å². The van der Waals surface area contributed by atoms with Crippen molar-refractivity contribution in [3.05, 3.63) is 24.3 Å². The number of anilines is 2. The molecular formula is C13H17N3OS. The number of hydrogen-bond acceptors (Lipinski definition) is 5. The van der Waals surface area contributed by atoms with E-state index in [9.17, 15) is 0 Å². The topological polar surface area (TPSA) is 74.2 Å². The third-order valence-corrected chi connectivity index (χ3v) is 3.28. The van der Waals surface area contributed by atoms with Crippen molar-refractivity contribution in [2.45, 2.75) is 19.8 Å². The van der Waals surface area contributed by atoms with Crippen LogP contribution in [0.3, 0.4) is 0 Å². The molecule has 2 rings (SSSR count). The van der Waals surface area contributed by atoms with E-state index in [1.54, 1.807) is 0 Å². The summed E-state index contributed by atoms with van der Waals surface area (Å²) < 4.78 is 5.60. The lowest BCUT2D eigenvalue weighted by molar-refractivity contribution is 0.309. The van der Waals surface area contributed by atoms with Crippen LogP contribution in [-0.4, -0.2) is 11.6 Å². The Balaban J connectivity index is 2.10. The molecule has 0 unspecified atom stereocenters. The lowest BCUT2D eigenvalue weighted by Gasteiger charge is -2.05. The number of nitrogens with two attached hydrogens (primary N) is 2. The average Bonchev–Trinajstić information content (AvgIpc) is 2.70. The molecule has 4 N–H and O–H groups in total. The van der Waals surface area contributed by atoms with Gasteiger partial charge < -0.3 is 16.2 Å². The van der Waals surface area contributed by atoms with Crippen LogP contribution in [0.2, 0.25) is 0 Å². The number of thiazole rings is 1. The van der Waals surface area contributed by atoms with Gasteiger partial charge in [-0.3, -0.25) is 0 Å². The highest BCUT2D eigenvalue weighted by atomic mass is 32.1. The molecule has 0 bridgehead atoms. The molecule has 1 aromatic heterocycles. The van der Waals surface area contributed by atoms with Gasteiger partial charge in [-0.25, -0.2) is 4.98 Å². The molecule has 96 valence electrons. The van der Waals surface area contributed by atoms with Crippen LogP contribution in [-0.2, 0) is 0 Å². The van der Waals surface area contributed by atoms with Crippen LogP contribution in [0.1, 0.15) is 19.8 Å². The van der Waals surface area contributed by atoms with Crippen molar-refractivity contribution in [3.63, 3.8) is 0 Å². The molecule has 0 atom stereocenters. The van der Waals surface area contributed by atoms with Crippen molar-refractivity contribution in [2.75, 3.05) is 18.1 Å². The van der Waals surface area contributed by atoms with Gasteiger partial charge in [0.05, 0.1) is 6.61 Å². The number of hydrogen-bond donors (Lipinski definition) is 2. The summed E-state index contributed by atoms with van der Waals surface area (Å²) in [6.45, 7) is 2.89. The highest BCUT2D eigenvalue weighted by Crippen LogP contribution is 2.32. The molecule has 0 aliphatic heterocycles. The molecule has 18 heavy (non-hydrogen) atoms. The van der Waals surface area contributed by atoms with E-state index in [0.29, 0.717) is 10.1 Å². The molecule has 0 spiro atoms. The first kappa shape index (κ1) is 12.7. The van der Waals surface area contributed by atoms with Crippen molar-refractivity contribution >= 4 is 21.5 Å². The molecule has 1 aromatic carbocycles. The first-order chi connectivity index (χ1) is 8.70. The minimum atomic E-state index is 0.491. The molecule has 1 heterocycles. The van der Waals surface area contributed by atoms with E-state index in [2.05, 4.69) is 11.9 Å². The molecule has 0 saturated carbocycles. The molecule has 0 aliphatic rings. The minimum Gasteiger partial charge on any atom is -0.494 e. The monoisotopic (exact) mass is 263 g/mol. The highest BCUT2D eigenvalue weighted by Gasteiger charge is 2.08. The van der Waals surface area contributed by atoms with Crippen LogP contribution in [0.5, 0.6) is 5.75 Å². The number of unbranched alkanes of at least 4 members (excludes halogenated alkanes) is 1. The molecular weight excluding hydrogens is 246 g/mol. The number of aromatic nitrogens is 1. The van der Waals surface area contributed by atoms with Gasteiger partial charge in [-0.1, -0.05) is 24.7 Å². The first-order valence-corrected chi connectivity index (χ1v) is 6.77. The summed E-state index contributed by atoms with van der Waals surface area (Å²) >= 11 is 1.30. The second kappa shape index (κ2) is 5.73. The third kappa shape index (κ3) is 2.92. The number of rotatable bonds is 5. The summed E-state index contributed by atoms with van der Waals surface area (Å²) in [4.78, 5) is 4.22. The highest BCUT2D eigenvalue weighted by molar-refractivity contribution is 7.19. The fraction of sp³-hybridized carbons (Fsp3) is 0.308. The van der Waals surface area contributed by atoms with E-state index in [0.717, 1.165) is 36.5 Å². The molecule has 0 saturated heterocycles. The largest absolute Gasteiger partial charge is 0.494 e. The fourth-order valence-electron chi connectivity index (χ4n) is 1.60. The maximum atomic E-state index is 5.85. The van der Waals surface area contributed by atoms with Gasteiger partial charge in [-0.05, 0) is 30.7 Å². The zero-order valence-electron chi connectivity index (χ0n) is 10.3. The predicted octanol–water partition coefficient (Wildman–Crippen LogP) is 3.15. The number of ether oxygens (including phenoxy) is 1. The SMILES string of the molecule is CCCCOc1ccc(-c2nc(N)sc2N)cc1. The van der Waals surface area contributed by atoms with Gasteiger partial charge in [-0.2, -0.15) is 0 Å². The van der Waals surface area contributed by atoms with Gasteiger partial charge in [0, 0.05) is 5.56 Å². The summed E-state index contributed by atoms with van der Waals surface area (Å²) in [5.41, 5.74) is 13.2. The van der Waals surface area contributed by atoms with Crippen LogP contribution < -0.4 is 16.2 Å². The van der Waals surface area contributed by atoms with Gasteiger partial charge in [0.2, 0.25) is 0 Å². The Hall–Kier alpha value is -1.75. The van der Waals surface area contributed by atoms with Crippen LogP contribution in [0.4, 0.5) is 10.1 Å². The normalized spacial score (nSPS) is 10.5. The predicted molar refractivity (Wildman–Crippen MR) is 76.8 cm³/mol. The smallest absolute Gasteiger partial charge is 0.182 e. The maximum Gasteiger partial charge on any atom is 0.182 e. The van der Waals surface area contributed by atoms with Crippen LogP contribution in [0.25, 0.3) is 11.3 Å². The Bertz CT molecular complexity index is 507. The Kier molecular flexibility index (Phi) is 4.04. The van der Waals surface area contributed by atoms with E-state index < -0.39 is 0 Å². The Morgan fingerprint density at radius 2 is 1.94 bits per heavy atom. The second-order valence-electron chi connectivity index (χ2n) is 3.99. The second-order valence-corrected chi connectivity index (χ2v) is 5.05. The van der Waals surface area contributed by atoms with Crippen LogP contribution >= 0.6 is 11.3 Å². The van der Waals surface area contributed by atoms with E-state index in [1.165, 1.54) is 11.3 Å². The van der Waals surface area contributed by atoms with Crippen molar-refractivity contribution in [3.8, 4) is 17.0 Å². The number of nitrogens with zero attached hydrogens (tertiary/aromatic N) is 1. The summed E-state index contributed by atoms with van der Waals surface area (Å²) in [5, 5.41) is 1.14. The van der Waals surface area contributed by atoms with E-state index >= 15 is 0 Å². The Morgan fingerprint density at radius 3 is 2.50 bits per heavy atom. The molecule has 0 fully saturated rings. The average molecular weight is 263 g/mol. The minimum absolute atomic E-state index is 0.491. The van der Waals surface area contributed by atoms with Gasteiger partial charge in [-0.15, -0.1) is 0 Å². The fourth-order valence-corrected chi connectivity index (χ4v) is 2.22. The van der Waals surface area contributed by atoms with E-state index in [4.69, 9.17) is 16.2 Å².